The number of benzene rings is 3. The second-order valence-corrected chi connectivity index (χ2v) is 7.00. The zero-order valence-corrected chi connectivity index (χ0v) is 16.5. The molecule has 3 aromatic carbocycles. The van der Waals surface area contributed by atoms with Gasteiger partial charge in [-0.25, -0.2) is 0 Å². The highest BCUT2D eigenvalue weighted by atomic mass is 16.5. The van der Waals surface area contributed by atoms with Gasteiger partial charge in [-0.1, -0.05) is 43.3 Å². The third-order valence-corrected chi connectivity index (χ3v) is 4.84. The Bertz CT molecular complexity index is 1170. The monoisotopic (exact) mass is 384 g/mol. The number of pyridine rings is 1. The van der Waals surface area contributed by atoms with Gasteiger partial charge in [0.1, 0.15) is 11.5 Å². The lowest BCUT2D eigenvalue weighted by atomic mass is 10.1. The van der Waals surface area contributed by atoms with Gasteiger partial charge in [0.15, 0.2) is 0 Å². The van der Waals surface area contributed by atoms with Crippen LogP contribution in [-0.2, 0) is 13.1 Å². The minimum atomic E-state index is 0.0614. The average Bonchev–Trinajstić information content (AvgIpc) is 2.75. The van der Waals surface area contributed by atoms with Gasteiger partial charge in [0.05, 0.1) is 0 Å². The first-order chi connectivity index (χ1) is 14.2. The van der Waals surface area contributed by atoms with Gasteiger partial charge in [0.25, 0.3) is 5.56 Å². The van der Waals surface area contributed by atoms with Crippen molar-refractivity contribution in [3.63, 3.8) is 0 Å². The number of aryl methyl sites for hydroxylation is 1. The predicted octanol–water partition coefficient (Wildman–Crippen LogP) is 5.82. The lowest BCUT2D eigenvalue weighted by Gasteiger charge is -2.12. The molecule has 0 spiro atoms. The first kappa shape index (κ1) is 18.8. The fraction of sp³-hybridized carbons (Fsp3) is 0.160. The van der Waals surface area contributed by atoms with Gasteiger partial charge < -0.3 is 14.6 Å². The number of ether oxygens (including phenoxy) is 1. The van der Waals surface area contributed by atoms with Crippen molar-refractivity contribution in [2.75, 3.05) is 5.32 Å². The molecule has 4 heteroatoms. The van der Waals surface area contributed by atoms with E-state index in [0.717, 1.165) is 46.5 Å². The molecule has 0 radical (unpaired) electrons. The maximum atomic E-state index is 12.7. The third-order valence-electron chi connectivity index (χ3n) is 4.84. The molecular formula is C25H24N2O2. The van der Waals surface area contributed by atoms with Crippen molar-refractivity contribution in [3.05, 3.63) is 101 Å². The fourth-order valence-corrected chi connectivity index (χ4v) is 3.43. The Kier molecular flexibility index (Phi) is 5.61. The summed E-state index contributed by atoms with van der Waals surface area (Å²) in [4.78, 5) is 12.7. The molecular weight excluding hydrogens is 360 g/mol. The Morgan fingerprint density at radius 3 is 2.48 bits per heavy atom. The van der Waals surface area contributed by atoms with Crippen molar-refractivity contribution in [2.45, 2.75) is 26.4 Å². The van der Waals surface area contributed by atoms with E-state index in [1.807, 2.05) is 79.0 Å². The molecule has 1 N–H and O–H groups in total. The van der Waals surface area contributed by atoms with E-state index in [-0.39, 0.29) is 5.56 Å². The lowest BCUT2D eigenvalue weighted by Crippen LogP contribution is -2.19. The van der Waals surface area contributed by atoms with Gasteiger partial charge in [-0.3, -0.25) is 4.79 Å². The van der Waals surface area contributed by atoms with E-state index in [4.69, 9.17) is 4.74 Å². The van der Waals surface area contributed by atoms with E-state index >= 15 is 0 Å². The Hall–Kier alpha value is -3.53. The van der Waals surface area contributed by atoms with Crippen LogP contribution in [0.15, 0.2) is 89.9 Å². The standard InChI is InChI=1S/C25H24N2O2/c1-2-15-27-16-14-22-23(25(27)28)12-7-13-24(22)26-18-19-8-6-11-21(17-19)29-20-9-4-3-5-10-20/h3-14,16-17,26H,2,15,18H2,1H3. The Labute approximate surface area is 170 Å². The number of nitrogens with one attached hydrogen (secondary N) is 1. The van der Waals surface area contributed by atoms with E-state index in [1.54, 1.807) is 4.57 Å². The first-order valence-electron chi connectivity index (χ1n) is 9.92. The largest absolute Gasteiger partial charge is 0.457 e. The van der Waals surface area contributed by atoms with E-state index in [9.17, 15) is 4.79 Å². The van der Waals surface area contributed by atoms with Crippen molar-refractivity contribution in [1.82, 2.24) is 4.57 Å². The second kappa shape index (κ2) is 8.65. The highest BCUT2D eigenvalue weighted by Crippen LogP contribution is 2.24. The van der Waals surface area contributed by atoms with Crippen LogP contribution in [0.25, 0.3) is 10.8 Å². The molecule has 0 aliphatic heterocycles. The number of aromatic nitrogens is 1. The minimum Gasteiger partial charge on any atom is -0.457 e. The maximum absolute atomic E-state index is 12.7. The summed E-state index contributed by atoms with van der Waals surface area (Å²) < 4.78 is 7.70. The lowest BCUT2D eigenvalue weighted by molar-refractivity contribution is 0.482. The summed E-state index contributed by atoms with van der Waals surface area (Å²) in [5, 5.41) is 5.16. The zero-order chi connectivity index (χ0) is 20.1. The number of hydrogen-bond donors (Lipinski definition) is 1. The van der Waals surface area contributed by atoms with Gasteiger partial charge in [0, 0.05) is 35.7 Å². The summed E-state index contributed by atoms with van der Waals surface area (Å²) in [6.45, 7) is 3.45. The maximum Gasteiger partial charge on any atom is 0.258 e. The van der Waals surface area contributed by atoms with E-state index in [2.05, 4.69) is 18.3 Å². The van der Waals surface area contributed by atoms with Crippen molar-refractivity contribution in [1.29, 1.82) is 0 Å². The SMILES string of the molecule is CCCn1ccc2c(NCc3cccc(Oc4ccccc4)c3)cccc2c1=O. The summed E-state index contributed by atoms with van der Waals surface area (Å²) in [7, 11) is 0. The average molecular weight is 384 g/mol. The molecule has 0 amide bonds. The fourth-order valence-electron chi connectivity index (χ4n) is 3.43. The molecule has 1 aromatic heterocycles. The van der Waals surface area contributed by atoms with Crippen LogP contribution in [0.4, 0.5) is 5.69 Å². The van der Waals surface area contributed by atoms with Crippen LogP contribution in [0.1, 0.15) is 18.9 Å². The molecule has 0 saturated carbocycles. The van der Waals surface area contributed by atoms with Crippen LogP contribution in [0.5, 0.6) is 11.5 Å². The summed E-state index contributed by atoms with van der Waals surface area (Å²) in [6, 6.07) is 25.6. The van der Waals surface area contributed by atoms with Gasteiger partial charge >= 0.3 is 0 Å². The molecule has 29 heavy (non-hydrogen) atoms. The van der Waals surface area contributed by atoms with E-state index in [0.29, 0.717) is 6.54 Å². The number of para-hydroxylation sites is 1. The molecule has 146 valence electrons. The molecule has 0 bridgehead atoms. The summed E-state index contributed by atoms with van der Waals surface area (Å²) in [6.07, 6.45) is 2.82. The molecule has 0 aliphatic carbocycles. The van der Waals surface area contributed by atoms with Crippen LogP contribution in [0.3, 0.4) is 0 Å². The van der Waals surface area contributed by atoms with Gasteiger partial charge in [-0.05, 0) is 54.4 Å². The van der Waals surface area contributed by atoms with Crippen molar-refractivity contribution < 1.29 is 4.74 Å². The zero-order valence-electron chi connectivity index (χ0n) is 16.5. The summed E-state index contributed by atoms with van der Waals surface area (Å²) in [5.74, 6) is 1.62. The number of rotatable bonds is 7. The van der Waals surface area contributed by atoms with E-state index < -0.39 is 0 Å². The molecule has 0 saturated heterocycles. The number of nitrogens with zero attached hydrogens (tertiary/aromatic N) is 1. The van der Waals surface area contributed by atoms with Crippen LogP contribution in [-0.4, -0.2) is 4.57 Å². The Morgan fingerprint density at radius 2 is 1.66 bits per heavy atom. The normalized spacial score (nSPS) is 10.8. The first-order valence-corrected chi connectivity index (χ1v) is 9.92. The molecule has 4 nitrogen and oxygen atoms in total. The summed E-state index contributed by atoms with van der Waals surface area (Å²) >= 11 is 0. The van der Waals surface area contributed by atoms with Crippen LogP contribution < -0.4 is 15.6 Å². The van der Waals surface area contributed by atoms with E-state index in [1.165, 1.54) is 0 Å². The predicted molar refractivity (Wildman–Crippen MR) is 119 cm³/mol. The van der Waals surface area contributed by atoms with Crippen molar-refractivity contribution in [2.24, 2.45) is 0 Å². The summed E-state index contributed by atoms with van der Waals surface area (Å²) in [5.41, 5.74) is 2.12. The Morgan fingerprint density at radius 1 is 0.862 bits per heavy atom. The van der Waals surface area contributed by atoms with Crippen LogP contribution in [0.2, 0.25) is 0 Å². The van der Waals surface area contributed by atoms with Crippen LogP contribution in [0, 0.1) is 0 Å². The molecule has 1 heterocycles. The topological polar surface area (TPSA) is 43.3 Å². The molecule has 0 unspecified atom stereocenters. The molecule has 0 atom stereocenters. The minimum absolute atomic E-state index is 0.0614. The van der Waals surface area contributed by atoms with Crippen LogP contribution >= 0.6 is 0 Å². The molecule has 0 aliphatic rings. The highest BCUT2D eigenvalue weighted by molar-refractivity contribution is 5.93. The quantitative estimate of drug-likeness (QED) is 0.437. The van der Waals surface area contributed by atoms with Crippen molar-refractivity contribution >= 4 is 16.5 Å². The van der Waals surface area contributed by atoms with Gasteiger partial charge in [-0.2, -0.15) is 0 Å². The Balaban J connectivity index is 1.53. The smallest absolute Gasteiger partial charge is 0.258 e. The van der Waals surface area contributed by atoms with Crippen molar-refractivity contribution in [3.8, 4) is 11.5 Å². The molecule has 0 fully saturated rings. The third kappa shape index (κ3) is 4.32. The number of anilines is 1. The second-order valence-electron chi connectivity index (χ2n) is 7.00. The molecule has 4 rings (SSSR count). The van der Waals surface area contributed by atoms with Gasteiger partial charge in [0.2, 0.25) is 0 Å². The van der Waals surface area contributed by atoms with Gasteiger partial charge in [-0.15, -0.1) is 0 Å². The highest BCUT2D eigenvalue weighted by Gasteiger charge is 2.07. The number of hydrogen-bond acceptors (Lipinski definition) is 3. The number of fused-ring (bicyclic) bond motifs is 1. The molecule has 4 aromatic rings.